The predicted molar refractivity (Wildman–Crippen MR) is 75.0 cm³/mol. The van der Waals surface area contributed by atoms with E-state index in [4.69, 9.17) is 16.3 Å². The van der Waals surface area contributed by atoms with Gasteiger partial charge >= 0.3 is 0 Å². The molecule has 0 saturated heterocycles. The third-order valence-electron chi connectivity index (χ3n) is 2.83. The van der Waals surface area contributed by atoms with Gasteiger partial charge in [-0.25, -0.2) is 0 Å². The quantitative estimate of drug-likeness (QED) is 0.643. The van der Waals surface area contributed by atoms with Crippen LogP contribution in [0.5, 0.6) is 5.75 Å². The molecule has 0 aliphatic carbocycles. The van der Waals surface area contributed by atoms with Crippen molar-refractivity contribution in [1.29, 1.82) is 0 Å². The van der Waals surface area contributed by atoms with Gasteiger partial charge in [0, 0.05) is 5.38 Å². The van der Waals surface area contributed by atoms with Gasteiger partial charge in [-0.2, -0.15) is 0 Å². The average molecular weight is 255 g/mol. The molecule has 1 aromatic carbocycles. The van der Waals surface area contributed by atoms with Crippen LogP contribution >= 0.6 is 11.6 Å². The van der Waals surface area contributed by atoms with Crippen LogP contribution in [0.3, 0.4) is 0 Å². The molecule has 0 radical (unpaired) electrons. The van der Waals surface area contributed by atoms with Crippen LogP contribution in [0.2, 0.25) is 0 Å². The predicted octanol–water partition coefficient (Wildman–Crippen LogP) is 4.67. The molecular weight excluding hydrogens is 232 g/mol. The van der Waals surface area contributed by atoms with Gasteiger partial charge in [-0.05, 0) is 42.9 Å². The molecule has 0 N–H and O–H groups in total. The van der Waals surface area contributed by atoms with Crippen LogP contribution < -0.4 is 4.74 Å². The summed E-state index contributed by atoms with van der Waals surface area (Å²) >= 11 is 6.24. The van der Waals surface area contributed by atoms with E-state index in [-0.39, 0.29) is 5.38 Å². The highest BCUT2D eigenvalue weighted by Gasteiger charge is 2.09. The second-order valence-electron chi connectivity index (χ2n) is 4.79. The van der Waals surface area contributed by atoms with Crippen LogP contribution in [0.1, 0.15) is 39.2 Å². The van der Waals surface area contributed by atoms with E-state index in [0.717, 1.165) is 31.6 Å². The lowest BCUT2D eigenvalue weighted by molar-refractivity contribution is 0.317. The van der Waals surface area contributed by atoms with Crippen molar-refractivity contribution < 1.29 is 4.74 Å². The Kier molecular flexibility index (Phi) is 6.43. The summed E-state index contributed by atoms with van der Waals surface area (Å²) in [5.41, 5.74) is 1.33. The van der Waals surface area contributed by atoms with Crippen molar-refractivity contribution in [2.75, 3.05) is 6.61 Å². The lowest BCUT2D eigenvalue weighted by atomic mass is 10.0. The Morgan fingerprint density at radius 2 is 1.82 bits per heavy atom. The zero-order valence-electron chi connectivity index (χ0n) is 11.1. The van der Waals surface area contributed by atoms with Gasteiger partial charge in [-0.15, -0.1) is 11.6 Å². The molecule has 0 fully saturated rings. The zero-order valence-corrected chi connectivity index (χ0v) is 11.8. The average Bonchev–Trinajstić information content (AvgIpc) is 2.34. The second kappa shape index (κ2) is 7.60. The van der Waals surface area contributed by atoms with E-state index < -0.39 is 0 Å². The molecule has 0 aliphatic rings. The van der Waals surface area contributed by atoms with Crippen LogP contribution in [-0.4, -0.2) is 12.0 Å². The molecule has 96 valence electrons. The Labute approximate surface area is 110 Å². The van der Waals surface area contributed by atoms with E-state index in [0.29, 0.717) is 5.92 Å². The molecule has 0 heterocycles. The Morgan fingerprint density at radius 1 is 1.18 bits per heavy atom. The van der Waals surface area contributed by atoms with Gasteiger partial charge in [0.15, 0.2) is 0 Å². The molecule has 1 atom stereocenters. The Balaban J connectivity index is 2.40. The molecule has 17 heavy (non-hydrogen) atoms. The highest BCUT2D eigenvalue weighted by Crippen LogP contribution is 2.18. The van der Waals surface area contributed by atoms with Crippen molar-refractivity contribution in [2.45, 2.75) is 45.4 Å². The summed E-state index contributed by atoms with van der Waals surface area (Å²) in [7, 11) is 0. The third kappa shape index (κ3) is 5.45. The first-order valence-electron chi connectivity index (χ1n) is 6.49. The number of halogens is 1. The standard InChI is InChI=1S/C15H23ClO/c1-4-11-17-14-8-5-13(6-9-14)7-10-15(16)12(2)3/h5-6,8-9,12,15H,4,7,10-11H2,1-3H3. The van der Waals surface area contributed by atoms with Gasteiger partial charge in [-0.3, -0.25) is 0 Å². The van der Waals surface area contributed by atoms with Crippen molar-refractivity contribution in [1.82, 2.24) is 0 Å². The minimum absolute atomic E-state index is 0.269. The van der Waals surface area contributed by atoms with E-state index in [9.17, 15) is 0 Å². The summed E-state index contributed by atoms with van der Waals surface area (Å²) in [5.74, 6) is 1.51. The van der Waals surface area contributed by atoms with Crippen molar-refractivity contribution in [3.63, 3.8) is 0 Å². The number of hydrogen-bond donors (Lipinski definition) is 0. The molecule has 0 spiro atoms. The summed E-state index contributed by atoms with van der Waals surface area (Å²) in [4.78, 5) is 0. The molecule has 1 aromatic rings. The van der Waals surface area contributed by atoms with E-state index >= 15 is 0 Å². The van der Waals surface area contributed by atoms with Gasteiger partial charge in [-0.1, -0.05) is 32.9 Å². The maximum atomic E-state index is 6.24. The molecule has 2 heteroatoms. The van der Waals surface area contributed by atoms with E-state index in [1.165, 1.54) is 5.56 Å². The van der Waals surface area contributed by atoms with Gasteiger partial charge in [0.2, 0.25) is 0 Å². The van der Waals surface area contributed by atoms with E-state index in [1.807, 2.05) is 12.1 Å². The second-order valence-corrected chi connectivity index (χ2v) is 5.35. The van der Waals surface area contributed by atoms with Gasteiger partial charge < -0.3 is 4.74 Å². The molecule has 1 rings (SSSR count). The smallest absolute Gasteiger partial charge is 0.119 e. The van der Waals surface area contributed by atoms with Crippen molar-refractivity contribution in [3.05, 3.63) is 29.8 Å². The van der Waals surface area contributed by atoms with Crippen LogP contribution in [0.4, 0.5) is 0 Å². The molecular formula is C15H23ClO. The monoisotopic (exact) mass is 254 g/mol. The minimum atomic E-state index is 0.269. The van der Waals surface area contributed by atoms with Gasteiger partial charge in [0.05, 0.1) is 6.61 Å². The zero-order chi connectivity index (χ0) is 12.7. The summed E-state index contributed by atoms with van der Waals surface area (Å²) < 4.78 is 5.55. The largest absolute Gasteiger partial charge is 0.494 e. The highest BCUT2D eigenvalue weighted by atomic mass is 35.5. The highest BCUT2D eigenvalue weighted by molar-refractivity contribution is 6.20. The van der Waals surface area contributed by atoms with Crippen LogP contribution in [0.15, 0.2) is 24.3 Å². The number of alkyl halides is 1. The Morgan fingerprint density at radius 3 is 2.35 bits per heavy atom. The van der Waals surface area contributed by atoms with Crippen LogP contribution in [-0.2, 0) is 6.42 Å². The first-order chi connectivity index (χ1) is 8.13. The summed E-state index contributed by atoms with van der Waals surface area (Å²) in [6.45, 7) is 7.23. The van der Waals surface area contributed by atoms with E-state index in [2.05, 4.69) is 32.9 Å². The molecule has 0 aromatic heterocycles. The summed E-state index contributed by atoms with van der Waals surface area (Å²) in [5, 5.41) is 0.269. The molecule has 1 nitrogen and oxygen atoms in total. The minimum Gasteiger partial charge on any atom is -0.494 e. The fourth-order valence-corrected chi connectivity index (χ4v) is 1.72. The van der Waals surface area contributed by atoms with E-state index in [1.54, 1.807) is 0 Å². The normalized spacial score (nSPS) is 12.8. The first-order valence-corrected chi connectivity index (χ1v) is 6.93. The number of aryl methyl sites for hydroxylation is 1. The number of rotatable bonds is 7. The fraction of sp³-hybridized carbons (Fsp3) is 0.600. The lowest BCUT2D eigenvalue weighted by Crippen LogP contribution is -2.08. The van der Waals surface area contributed by atoms with Gasteiger partial charge in [0.25, 0.3) is 0 Å². The third-order valence-corrected chi connectivity index (χ3v) is 3.55. The van der Waals surface area contributed by atoms with Crippen LogP contribution in [0, 0.1) is 5.92 Å². The molecule has 0 saturated carbocycles. The summed E-state index contributed by atoms with van der Waals surface area (Å²) in [6, 6.07) is 8.36. The SMILES string of the molecule is CCCOc1ccc(CCC(Cl)C(C)C)cc1. The maximum absolute atomic E-state index is 6.24. The lowest BCUT2D eigenvalue weighted by Gasteiger charge is -2.13. The number of ether oxygens (including phenoxy) is 1. The first kappa shape index (κ1) is 14.4. The Hall–Kier alpha value is -0.690. The Bertz CT molecular complexity index is 305. The van der Waals surface area contributed by atoms with Crippen molar-refractivity contribution in [3.8, 4) is 5.75 Å². The molecule has 0 amide bonds. The van der Waals surface area contributed by atoms with Gasteiger partial charge in [0.1, 0.15) is 5.75 Å². The maximum Gasteiger partial charge on any atom is 0.119 e. The molecule has 1 unspecified atom stereocenters. The number of benzene rings is 1. The topological polar surface area (TPSA) is 9.23 Å². The molecule has 0 aliphatic heterocycles. The van der Waals surface area contributed by atoms with Crippen molar-refractivity contribution >= 4 is 11.6 Å². The fourth-order valence-electron chi connectivity index (χ4n) is 1.61. The molecule has 0 bridgehead atoms. The van der Waals surface area contributed by atoms with Crippen LogP contribution in [0.25, 0.3) is 0 Å². The summed E-state index contributed by atoms with van der Waals surface area (Å²) in [6.07, 6.45) is 3.12. The number of hydrogen-bond acceptors (Lipinski definition) is 1. The van der Waals surface area contributed by atoms with Crippen molar-refractivity contribution in [2.24, 2.45) is 5.92 Å².